The summed E-state index contributed by atoms with van der Waals surface area (Å²) in [5.41, 5.74) is 0. The molecule has 0 amide bonds. The van der Waals surface area contributed by atoms with Crippen molar-refractivity contribution in [1.82, 2.24) is 5.32 Å². The lowest BCUT2D eigenvalue weighted by Crippen LogP contribution is -2.40. The zero-order valence-electron chi connectivity index (χ0n) is 9.96. The van der Waals surface area contributed by atoms with Crippen LogP contribution in [0.5, 0.6) is 0 Å². The van der Waals surface area contributed by atoms with Crippen LogP contribution in [0.4, 0.5) is 0 Å². The van der Waals surface area contributed by atoms with E-state index < -0.39 is 0 Å². The maximum atomic E-state index is 5.49. The van der Waals surface area contributed by atoms with Crippen molar-refractivity contribution in [3.63, 3.8) is 0 Å². The van der Waals surface area contributed by atoms with Crippen molar-refractivity contribution in [1.29, 1.82) is 0 Å². The molecule has 0 spiro atoms. The number of nitrogens with one attached hydrogen (secondary N) is 1. The molecule has 0 aliphatic heterocycles. The molecule has 1 atom stereocenters. The molecule has 1 rings (SSSR count). The van der Waals surface area contributed by atoms with Gasteiger partial charge >= 0.3 is 0 Å². The van der Waals surface area contributed by atoms with E-state index in [4.69, 9.17) is 11.2 Å². The summed E-state index contributed by atoms with van der Waals surface area (Å²) in [4.78, 5) is 0. The highest BCUT2D eigenvalue weighted by molar-refractivity contribution is 5.00. The Kier molecular flexibility index (Phi) is 5.75. The monoisotopic (exact) mass is 209 g/mol. The molecule has 1 unspecified atom stereocenters. The lowest BCUT2D eigenvalue weighted by Gasteiger charge is -2.30. The highest BCUT2D eigenvalue weighted by Crippen LogP contribution is 2.21. The van der Waals surface area contributed by atoms with E-state index in [0.29, 0.717) is 12.1 Å². The first-order valence-electron chi connectivity index (χ1n) is 6.05. The van der Waals surface area contributed by atoms with Crippen LogP contribution < -0.4 is 5.32 Å². The molecular weight excluding hydrogens is 186 g/mol. The maximum Gasteiger partial charge on any atom is 0.0688 e. The number of hydrogen-bond donors (Lipinski definition) is 1. The lowest BCUT2D eigenvalue weighted by atomic mass is 9.92. The predicted molar refractivity (Wildman–Crippen MR) is 63.7 cm³/mol. The fraction of sp³-hybridized carbons (Fsp3) is 0.846. The standard InChI is InChI=1S/C13H23NO/c1-4-6-11(5-2)14-12-7-9-13(15-3)10-8-12/h2,11-14H,4,6-10H2,1,3H3. The van der Waals surface area contributed by atoms with Gasteiger partial charge in [-0.1, -0.05) is 19.3 Å². The van der Waals surface area contributed by atoms with Crippen LogP contribution in [0.2, 0.25) is 0 Å². The SMILES string of the molecule is C#CC(CCC)NC1CCC(OC)CC1. The molecule has 0 heterocycles. The van der Waals surface area contributed by atoms with Gasteiger partial charge < -0.3 is 10.1 Å². The molecule has 0 radical (unpaired) electrons. The molecule has 0 aromatic rings. The molecule has 0 aromatic carbocycles. The van der Waals surface area contributed by atoms with Gasteiger partial charge in [0, 0.05) is 13.2 Å². The second-order valence-corrected chi connectivity index (χ2v) is 4.38. The molecule has 0 saturated heterocycles. The molecule has 2 heteroatoms. The Morgan fingerprint density at radius 1 is 1.40 bits per heavy atom. The second kappa shape index (κ2) is 6.87. The van der Waals surface area contributed by atoms with Crippen LogP contribution in [-0.2, 0) is 4.74 Å². The minimum absolute atomic E-state index is 0.263. The summed E-state index contributed by atoms with van der Waals surface area (Å²) in [6.45, 7) is 2.17. The summed E-state index contributed by atoms with van der Waals surface area (Å²) >= 11 is 0. The molecule has 2 nitrogen and oxygen atoms in total. The van der Waals surface area contributed by atoms with Crippen molar-refractivity contribution in [2.24, 2.45) is 0 Å². The van der Waals surface area contributed by atoms with Crippen LogP contribution in [0.3, 0.4) is 0 Å². The predicted octanol–water partition coefficient (Wildman–Crippen LogP) is 2.34. The van der Waals surface area contributed by atoms with Gasteiger partial charge in [-0.2, -0.15) is 0 Å². The zero-order chi connectivity index (χ0) is 11.1. The Hall–Kier alpha value is -0.520. The minimum atomic E-state index is 0.263. The normalized spacial score (nSPS) is 28.3. The highest BCUT2D eigenvalue weighted by atomic mass is 16.5. The van der Waals surface area contributed by atoms with Crippen molar-refractivity contribution >= 4 is 0 Å². The van der Waals surface area contributed by atoms with Crippen molar-refractivity contribution in [2.45, 2.75) is 63.6 Å². The summed E-state index contributed by atoms with van der Waals surface area (Å²) in [6, 6.07) is 0.864. The van der Waals surface area contributed by atoms with Gasteiger partial charge in [0.05, 0.1) is 12.1 Å². The number of methoxy groups -OCH3 is 1. The van der Waals surface area contributed by atoms with Crippen LogP contribution in [0.15, 0.2) is 0 Å². The first kappa shape index (κ1) is 12.5. The summed E-state index contributed by atoms with van der Waals surface area (Å²) in [7, 11) is 1.81. The molecule has 1 aliphatic rings. The summed E-state index contributed by atoms with van der Waals surface area (Å²) in [5.74, 6) is 2.83. The topological polar surface area (TPSA) is 21.3 Å². The first-order valence-corrected chi connectivity index (χ1v) is 6.05. The van der Waals surface area contributed by atoms with Gasteiger partial charge in [-0.05, 0) is 32.1 Å². The zero-order valence-corrected chi connectivity index (χ0v) is 9.96. The van der Waals surface area contributed by atoms with Crippen LogP contribution in [0, 0.1) is 12.3 Å². The van der Waals surface area contributed by atoms with E-state index in [2.05, 4.69) is 18.2 Å². The quantitative estimate of drug-likeness (QED) is 0.702. The first-order chi connectivity index (χ1) is 7.30. The van der Waals surface area contributed by atoms with Crippen LogP contribution in [0.25, 0.3) is 0 Å². The fourth-order valence-corrected chi connectivity index (χ4v) is 2.25. The fourth-order valence-electron chi connectivity index (χ4n) is 2.25. The van der Waals surface area contributed by atoms with E-state index in [-0.39, 0.29) is 6.04 Å². The number of hydrogen-bond acceptors (Lipinski definition) is 2. The summed E-state index contributed by atoms with van der Waals surface area (Å²) in [6.07, 6.45) is 12.9. The molecule has 1 saturated carbocycles. The Morgan fingerprint density at radius 2 is 2.07 bits per heavy atom. The molecule has 1 N–H and O–H groups in total. The smallest absolute Gasteiger partial charge is 0.0688 e. The third-order valence-corrected chi connectivity index (χ3v) is 3.22. The van der Waals surface area contributed by atoms with Gasteiger partial charge in [-0.25, -0.2) is 0 Å². The van der Waals surface area contributed by atoms with Gasteiger partial charge in [0.25, 0.3) is 0 Å². The van der Waals surface area contributed by atoms with E-state index in [1.54, 1.807) is 7.11 Å². The third-order valence-electron chi connectivity index (χ3n) is 3.22. The van der Waals surface area contributed by atoms with Crippen LogP contribution in [-0.4, -0.2) is 25.3 Å². The van der Waals surface area contributed by atoms with Crippen molar-refractivity contribution in [3.05, 3.63) is 0 Å². The summed E-state index contributed by atoms with van der Waals surface area (Å²) in [5, 5.41) is 3.56. The van der Waals surface area contributed by atoms with Crippen molar-refractivity contribution in [3.8, 4) is 12.3 Å². The molecule has 1 aliphatic carbocycles. The lowest BCUT2D eigenvalue weighted by molar-refractivity contribution is 0.0618. The van der Waals surface area contributed by atoms with E-state index in [9.17, 15) is 0 Å². The van der Waals surface area contributed by atoms with Crippen molar-refractivity contribution in [2.75, 3.05) is 7.11 Å². The Bertz CT molecular complexity index is 201. The number of rotatable bonds is 5. The summed E-state index contributed by atoms with van der Waals surface area (Å²) < 4.78 is 5.35. The molecule has 86 valence electrons. The molecular formula is C13H23NO. The van der Waals surface area contributed by atoms with E-state index >= 15 is 0 Å². The van der Waals surface area contributed by atoms with Gasteiger partial charge in [-0.15, -0.1) is 6.42 Å². The molecule has 15 heavy (non-hydrogen) atoms. The van der Waals surface area contributed by atoms with E-state index in [1.807, 2.05) is 0 Å². The Morgan fingerprint density at radius 3 is 2.53 bits per heavy atom. The van der Waals surface area contributed by atoms with Crippen molar-refractivity contribution < 1.29 is 4.74 Å². The van der Waals surface area contributed by atoms with Crippen LogP contribution >= 0.6 is 0 Å². The molecule has 0 bridgehead atoms. The number of terminal acetylenes is 1. The largest absolute Gasteiger partial charge is 0.381 e. The van der Waals surface area contributed by atoms with E-state index in [1.165, 1.54) is 12.8 Å². The molecule has 0 aromatic heterocycles. The number of ether oxygens (including phenoxy) is 1. The van der Waals surface area contributed by atoms with E-state index in [0.717, 1.165) is 25.7 Å². The van der Waals surface area contributed by atoms with Gasteiger partial charge in [0.15, 0.2) is 0 Å². The maximum absolute atomic E-state index is 5.49. The highest BCUT2D eigenvalue weighted by Gasteiger charge is 2.21. The second-order valence-electron chi connectivity index (χ2n) is 4.38. The van der Waals surface area contributed by atoms with Gasteiger partial charge in [-0.3, -0.25) is 0 Å². The average molecular weight is 209 g/mol. The van der Waals surface area contributed by atoms with Crippen LogP contribution in [0.1, 0.15) is 45.4 Å². The minimum Gasteiger partial charge on any atom is -0.381 e. The van der Waals surface area contributed by atoms with Gasteiger partial charge in [0.1, 0.15) is 0 Å². The molecule has 1 fully saturated rings. The Balaban J connectivity index is 2.25. The Labute approximate surface area is 93.8 Å². The van der Waals surface area contributed by atoms with Gasteiger partial charge in [0.2, 0.25) is 0 Å². The average Bonchev–Trinajstić information content (AvgIpc) is 2.29. The third kappa shape index (κ3) is 4.24.